The summed E-state index contributed by atoms with van der Waals surface area (Å²) < 4.78 is 0. The molecule has 0 aliphatic heterocycles. The summed E-state index contributed by atoms with van der Waals surface area (Å²) in [6, 6.07) is 0. The van der Waals surface area contributed by atoms with Gasteiger partial charge in [-0.1, -0.05) is 20.3 Å². The Labute approximate surface area is 58.1 Å². The number of hydrogen-bond acceptors (Lipinski definition) is 0. The Morgan fingerprint density at radius 1 is 1.44 bits per heavy atom. The zero-order valence-corrected chi connectivity index (χ0v) is 6.90. The largest absolute Gasteiger partial charge is 0.230 e. The van der Waals surface area contributed by atoms with Crippen LogP contribution in [-0.4, -0.2) is 5.60 Å². The average molecular weight is 129 g/mol. The topological polar surface area (TPSA) is 19.9 Å². The van der Waals surface area contributed by atoms with Crippen molar-refractivity contribution in [2.24, 2.45) is 5.92 Å². The summed E-state index contributed by atoms with van der Waals surface area (Å²) in [4.78, 5) is 0. The molecule has 55 valence electrons. The molecule has 0 aliphatic rings. The normalized spacial score (nSPS) is 15.7. The maximum absolute atomic E-state index is 11.2. The van der Waals surface area contributed by atoms with E-state index in [0.717, 1.165) is 12.8 Å². The lowest BCUT2D eigenvalue weighted by molar-refractivity contribution is -0.0435. The van der Waals surface area contributed by atoms with Gasteiger partial charge in [-0.3, -0.25) is 0 Å². The molecule has 0 aromatic heterocycles. The minimum Gasteiger partial charge on any atom is -0.230 e. The van der Waals surface area contributed by atoms with Crippen molar-refractivity contribution in [3.05, 3.63) is 0 Å². The van der Waals surface area contributed by atoms with Crippen molar-refractivity contribution in [2.75, 3.05) is 0 Å². The van der Waals surface area contributed by atoms with E-state index < -0.39 is 5.60 Å². The zero-order chi connectivity index (χ0) is 7.49. The molecular weight excluding hydrogens is 112 g/mol. The van der Waals surface area contributed by atoms with E-state index in [2.05, 4.69) is 6.92 Å². The molecule has 0 aliphatic carbocycles. The van der Waals surface area contributed by atoms with Gasteiger partial charge in [0.1, 0.15) is 5.60 Å². The smallest absolute Gasteiger partial charge is 0.101 e. The molecule has 0 aromatic carbocycles. The van der Waals surface area contributed by atoms with Crippen LogP contribution >= 0.6 is 0 Å². The van der Waals surface area contributed by atoms with Crippen LogP contribution in [0.5, 0.6) is 0 Å². The standard InChI is InChI=1S/C8H17O/c1-5-6-7(2)8(3,4)9/h7H,5-6H2,1-4H3/t7-/m0/s1. The highest BCUT2D eigenvalue weighted by Gasteiger charge is 2.22. The average Bonchev–Trinajstić information content (AvgIpc) is 1.64. The van der Waals surface area contributed by atoms with E-state index in [1.165, 1.54) is 0 Å². The third-order valence-corrected chi connectivity index (χ3v) is 1.91. The highest BCUT2D eigenvalue weighted by atomic mass is 16.3. The summed E-state index contributed by atoms with van der Waals surface area (Å²) in [5.41, 5.74) is -0.740. The first-order valence-electron chi connectivity index (χ1n) is 3.69. The molecule has 0 saturated heterocycles. The third-order valence-electron chi connectivity index (χ3n) is 1.91. The van der Waals surface area contributed by atoms with Crippen molar-refractivity contribution in [1.82, 2.24) is 0 Å². The highest BCUT2D eigenvalue weighted by Crippen LogP contribution is 2.20. The van der Waals surface area contributed by atoms with Gasteiger partial charge in [-0.25, -0.2) is 5.11 Å². The summed E-state index contributed by atoms with van der Waals surface area (Å²) in [5, 5.41) is 11.2. The van der Waals surface area contributed by atoms with Gasteiger partial charge in [0.15, 0.2) is 0 Å². The molecule has 0 N–H and O–H groups in total. The molecule has 0 amide bonds. The van der Waals surface area contributed by atoms with Gasteiger partial charge in [-0.15, -0.1) is 0 Å². The molecule has 0 rings (SSSR count). The molecular formula is C8H17O. The van der Waals surface area contributed by atoms with E-state index >= 15 is 0 Å². The highest BCUT2D eigenvalue weighted by molar-refractivity contribution is 4.71. The second kappa shape index (κ2) is 3.21. The number of rotatable bonds is 3. The second-order valence-electron chi connectivity index (χ2n) is 3.29. The van der Waals surface area contributed by atoms with Gasteiger partial charge >= 0.3 is 0 Å². The summed E-state index contributed by atoms with van der Waals surface area (Å²) in [6.07, 6.45) is 2.17. The van der Waals surface area contributed by atoms with E-state index in [4.69, 9.17) is 0 Å². The van der Waals surface area contributed by atoms with E-state index in [1.54, 1.807) is 13.8 Å². The molecule has 1 nitrogen and oxygen atoms in total. The van der Waals surface area contributed by atoms with Crippen molar-refractivity contribution in [3.8, 4) is 0 Å². The van der Waals surface area contributed by atoms with Gasteiger partial charge < -0.3 is 0 Å². The predicted molar refractivity (Wildman–Crippen MR) is 38.8 cm³/mol. The van der Waals surface area contributed by atoms with Gasteiger partial charge in [0, 0.05) is 0 Å². The quantitative estimate of drug-likeness (QED) is 0.558. The van der Waals surface area contributed by atoms with Crippen LogP contribution in [0.1, 0.15) is 40.5 Å². The zero-order valence-electron chi connectivity index (χ0n) is 6.90. The molecule has 1 heteroatoms. The predicted octanol–water partition coefficient (Wildman–Crippen LogP) is 2.63. The van der Waals surface area contributed by atoms with Crippen LogP contribution in [0.2, 0.25) is 0 Å². The van der Waals surface area contributed by atoms with Gasteiger partial charge in [-0.2, -0.15) is 0 Å². The van der Waals surface area contributed by atoms with Crippen molar-refractivity contribution in [1.29, 1.82) is 0 Å². The Morgan fingerprint density at radius 3 is 2.00 bits per heavy atom. The Balaban J connectivity index is 3.59. The first-order chi connectivity index (χ1) is 3.98. The van der Waals surface area contributed by atoms with Crippen molar-refractivity contribution >= 4 is 0 Å². The lowest BCUT2D eigenvalue weighted by Crippen LogP contribution is -2.26. The van der Waals surface area contributed by atoms with Gasteiger partial charge in [0.25, 0.3) is 0 Å². The van der Waals surface area contributed by atoms with Gasteiger partial charge in [0.05, 0.1) is 0 Å². The van der Waals surface area contributed by atoms with Crippen molar-refractivity contribution < 1.29 is 5.11 Å². The maximum atomic E-state index is 11.2. The van der Waals surface area contributed by atoms with Crippen molar-refractivity contribution in [2.45, 2.75) is 46.1 Å². The fourth-order valence-electron chi connectivity index (χ4n) is 0.781. The van der Waals surface area contributed by atoms with Gasteiger partial charge in [-0.05, 0) is 26.2 Å². The maximum Gasteiger partial charge on any atom is 0.101 e. The molecule has 0 unspecified atom stereocenters. The van der Waals surface area contributed by atoms with Crippen LogP contribution < -0.4 is 0 Å². The Bertz CT molecular complexity index is 71.1. The first-order valence-corrected chi connectivity index (χ1v) is 3.69. The lowest BCUT2D eigenvalue weighted by atomic mass is 9.89. The fraction of sp³-hybridized carbons (Fsp3) is 1.00. The lowest BCUT2D eigenvalue weighted by Gasteiger charge is -2.22. The first kappa shape index (κ1) is 8.96. The van der Waals surface area contributed by atoms with E-state index in [-0.39, 0.29) is 0 Å². The van der Waals surface area contributed by atoms with Crippen LogP contribution in [0.4, 0.5) is 0 Å². The molecule has 0 spiro atoms. The van der Waals surface area contributed by atoms with Gasteiger partial charge in [0.2, 0.25) is 0 Å². The summed E-state index contributed by atoms with van der Waals surface area (Å²) in [7, 11) is 0. The SMILES string of the molecule is CCC[C@H](C)C(C)(C)[O]. The van der Waals surface area contributed by atoms with Crippen LogP contribution in [0.3, 0.4) is 0 Å². The monoisotopic (exact) mass is 129 g/mol. The molecule has 9 heavy (non-hydrogen) atoms. The van der Waals surface area contributed by atoms with E-state index in [0.29, 0.717) is 5.92 Å². The Kier molecular flexibility index (Phi) is 3.20. The van der Waals surface area contributed by atoms with E-state index in [9.17, 15) is 5.11 Å². The molecule has 0 bridgehead atoms. The molecule has 1 atom stereocenters. The Hall–Kier alpha value is -0.0400. The van der Waals surface area contributed by atoms with Crippen LogP contribution in [0.15, 0.2) is 0 Å². The molecule has 0 fully saturated rings. The molecule has 0 heterocycles. The molecule has 0 saturated carbocycles. The van der Waals surface area contributed by atoms with Crippen LogP contribution in [0.25, 0.3) is 0 Å². The minimum absolute atomic E-state index is 0.308. The Morgan fingerprint density at radius 2 is 1.89 bits per heavy atom. The summed E-state index contributed by atoms with van der Waals surface area (Å²) >= 11 is 0. The third kappa shape index (κ3) is 3.52. The second-order valence-corrected chi connectivity index (χ2v) is 3.29. The molecule has 1 radical (unpaired) electrons. The summed E-state index contributed by atoms with van der Waals surface area (Å²) in [6.45, 7) is 7.65. The van der Waals surface area contributed by atoms with Crippen molar-refractivity contribution in [3.63, 3.8) is 0 Å². The number of hydrogen-bond donors (Lipinski definition) is 0. The van der Waals surface area contributed by atoms with Crippen LogP contribution in [0, 0.1) is 5.92 Å². The van der Waals surface area contributed by atoms with Crippen LogP contribution in [-0.2, 0) is 5.11 Å². The van der Waals surface area contributed by atoms with E-state index in [1.807, 2.05) is 6.92 Å². The minimum atomic E-state index is -0.740. The fourth-order valence-corrected chi connectivity index (χ4v) is 0.781. The molecule has 0 aromatic rings. The summed E-state index contributed by atoms with van der Waals surface area (Å²) in [5.74, 6) is 0.308.